The number of nitrogens with two attached hydrogens (primary N) is 1. The Morgan fingerprint density at radius 3 is 2.40 bits per heavy atom. The van der Waals surface area contributed by atoms with E-state index in [0.29, 0.717) is 13.1 Å². The van der Waals surface area contributed by atoms with E-state index in [0.717, 1.165) is 32.1 Å². The third-order valence-electron chi connectivity index (χ3n) is 3.95. The van der Waals surface area contributed by atoms with Gasteiger partial charge < -0.3 is 16.2 Å². The average Bonchev–Trinajstić information content (AvgIpc) is 3.12. The zero-order chi connectivity index (χ0) is 10.9. The van der Waals surface area contributed by atoms with Crippen molar-refractivity contribution in [2.75, 3.05) is 19.7 Å². The van der Waals surface area contributed by atoms with Crippen molar-refractivity contribution in [2.24, 2.45) is 16.6 Å². The summed E-state index contributed by atoms with van der Waals surface area (Å²) in [6.45, 7) is 1.40. The largest absolute Gasteiger partial charge is 0.396 e. The maximum atomic E-state index is 11.8. The fourth-order valence-corrected chi connectivity index (χ4v) is 2.06. The Kier molecular flexibility index (Phi) is 2.73. The number of aliphatic hydroxyl groups excluding tert-OH is 1. The molecular formula is C11H20N2O2. The number of hydrogen-bond acceptors (Lipinski definition) is 3. The molecule has 0 saturated heterocycles. The fraction of sp³-hybridized carbons (Fsp3) is 0.909. The van der Waals surface area contributed by atoms with E-state index < -0.39 is 0 Å². The van der Waals surface area contributed by atoms with Crippen LogP contribution in [0, 0.1) is 10.8 Å². The van der Waals surface area contributed by atoms with Crippen LogP contribution < -0.4 is 11.1 Å². The molecule has 0 bridgehead atoms. The molecule has 0 aromatic rings. The van der Waals surface area contributed by atoms with Gasteiger partial charge in [-0.3, -0.25) is 4.79 Å². The van der Waals surface area contributed by atoms with E-state index in [2.05, 4.69) is 5.32 Å². The highest BCUT2D eigenvalue weighted by molar-refractivity contribution is 5.85. The quantitative estimate of drug-likeness (QED) is 0.580. The van der Waals surface area contributed by atoms with Crippen molar-refractivity contribution in [1.82, 2.24) is 5.32 Å². The molecule has 0 atom stereocenters. The topological polar surface area (TPSA) is 75.4 Å². The zero-order valence-electron chi connectivity index (χ0n) is 9.09. The highest BCUT2D eigenvalue weighted by Crippen LogP contribution is 2.49. The van der Waals surface area contributed by atoms with Crippen molar-refractivity contribution in [3.63, 3.8) is 0 Å². The van der Waals surface area contributed by atoms with E-state index in [-0.39, 0.29) is 23.3 Å². The molecule has 0 aromatic carbocycles. The number of aliphatic hydroxyl groups is 1. The van der Waals surface area contributed by atoms with Crippen molar-refractivity contribution in [1.29, 1.82) is 0 Å². The second kappa shape index (κ2) is 3.76. The van der Waals surface area contributed by atoms with Crippen LogP contribution in [-0.2, 0) is 4.79 Å². The third-order valence-corrected chi connectivity index (χ3v) is 3.95. The summed E-state index contributed by atoms with van der Waals surface area (Å²) in [4.78, 5) is 11.8. The van der Waals surface area contributed by atoms with Gasteiger partial charge in [0.25, 0.3) is 0 Å². The molecule has 0 aliphatic heterocycles. The van der Waals surface area contributed by atoms with Crippen LogP contribution in [0.25, 0.3) is 0 Å². The normalized spacial score (nSPS) is 24.7. The molecule has 86 valence electrons. The molecule has 0 radical (unpaired) electrons. The van der Waals surface area contributed by atoms with Gasteiger partial charge >= 0.3 is 0 Å². The first-order valence-corrected chi connectivity index (χ1v) is 5.76. The molecule has 15 heavy (non-hydrogen) atoms. The predicted molar refractivity (Wildman–Crippen MR) is 57.1 cm³/mol. The van der Waals surface area contributed by atoms with Crippen molar-refractivity contribution < 1.29 is 9.90 Å². The number of hydrogen-bond donors (Lipinski definition) is 3. The highest BCUT2D eigenvalue weighted by Gasteiger charge is 2.50. The molecule has 0 aromatic heterocycles. The molecule has 4 nitrogen and oxygen atoms in total. The summed E-state index contributed by atoms with van der Waals surface area (Å²) in [5, 5.41) is 11.9. The standard InChI is InChI=1S/C11H20N2O2/c12-7-11(3-4-11)9(15)13-8-10(1-2-10)5-6-14/h14H,1-8,12H2,(H,13,15). The molecule has 2 rings (SSSR count). The van der Waals surface area contributed by atoms with Crippen LogP contribution >= 0.6 is 0 Å². The van der Waals surface area contributed by atoms with Gasteiger partial charge in [-0.25, -0.2) is 0 Å². The van der Waals surface area contributed by atoms with Crippen molar-refractivity contribution in [3.8, 4) is 0 Å². The minimum absolute atomic E-state index is 0.120. The minimum Gasteiger partial charge on any atom is -0.396 e. The number of nitrogens with one attached hydrogen (secondary N) is 1. The lowest BCUT2D eigenvalue weighted by atomic mass is 10.0. The lowest BCUT2D eigenvalue weighted by Gasteiger charge is -2.18. The molecule has 0 unspecified atom stereocenters. The van der Waals surface area contributed by atoms with Gasteiger partial charge in [-0.1, -0.05) is 0 Å². The molecule has 2 fully saturated rings. The summed E-state index contributed by atoms with van der Waals surface area (Å²) < 4.78 is 0. The average molecular weight is 212 g/mol. The van der Waals surface area contributed by atoms with Crippen molar-refractivity contribution in [2.45, 2.75) is 32.1 Å². The Hall–Kier alpha value is -0.610. The Bertz CT molecular complexity index is 257. The zero-order valence-corrected chi connectivity index (χ0v) is 9.09. The first-order chi connectivity index (χ1) is 7.16. The summed E-state index contributed by atoms with van der Waals surface area (Å²) >= 11 is 0. The SMILES string of the molecule is NCC1(C(=O)NCC2(CCO)CC2)CC1. The summed E-state index contributed by atoms with van der Waals surface area (Å²) in [5.74, 6) is 0.120. The maximum absolute atomic E-state index is 11.8. The first kappa shape index (κ1) is 10.9. The Labute approximate surface area is 90.2 Å². The van der Waals surface area contributed by atoms with Gasteiger partial charge in [0.1, 0.15) is 0 Å². The van der Waals surface area contributed by atoms with Gasteiger partial charge in [0, 0.05) is 19.7 Å². The third kappa shape index (κ3) is 2.16. The van der Waals surface area contributed by atoms with Crippen LogP contribution in [0.15, 0.2) is 0 Å². The highest BCUT2D eigenvalue weighted by atomic mass is 16.3. The summed E-state index contributed by atoms with van der Waals surface area (Å²) in [5.41, 5.74) is 5.55. The predicted octanol–water partition coefficient (Wildman–Crippen LogP) is 0.00410. The molecular weight excluding hydrogens is 192 g/mol. The van der Waals surface area contributed by atoms with Crippen molar-refractivity contribution >= 4 is 5.91 Å². The molecule has 1 amide bonds. The maximum Gasteiger partial charge on any atom is 0.227 e. The lowest BCUT2D eigenvalue weighted by Crippen LogP contribution is -2.39. The number of amides is 1. The van der Waals surface area contributed by atoms with E-state index in [1.807, 2.05) is 0 Å². The minimum atomic E-state index is -0.241. The van der Waals surface area contributed by atoms with Gasteiger partial charge in [-0.15, -0.1) is 0 Å². The van der Waals surface area contributed by atoms with Gasteiger partial charge in [-0.05, 0) is 37.5 Å². The molecule has 2 aliphatic rings. The molecule has 4 N–H and O–H groups in total. The number of carbonyl (C=O) groups excluding carboxylic acids is 1. The van der Waals surface area contributed by atoms with Crippen LogP contribution in [0.1, 0.15) is 32.1 Å². The first-order valence-electron chi connectivity index (χ1n) is 5.76. The van der Waals surface area contributed by atoms with E-state index >= 15 is 0 Å². The van der Waals surface area contributed by atoms with Gasteiger partial charge in [-0.2, -0.15) is 0 Å². The second-order valence-corrected chi connectivity index (χ2v) is 5.14. The van der Waals surface area contributed by atoms with E-state index in [1.165, 1.54) is 0 Å². The Balaban J connectivity index is 1.76. The van der Waals surface area contributed by atoms with E-state index in [4.69, 9.17) is 10.8 Å². The number of carbonyl (C=O) groups is 1. The summed E-state index contributed by atoms with van der Waals surface area (Å²) in [7, 11) is 0. The molecule has 2 saturated carbocycles. The molecule has 4 heteroatoms. The van der Waals surface area contributed by atoms with Gasteiger partial charge in [0.2, 0.25) is 5.91 Å². The van der Waals surface area contributed by atoms with Crippen molar-refractivity contribution in [3.05, 3.63) is 0 Å². The van der Waals surface area contributed by atoms with E-state index in [9.17, 15) is 4.79 Å². The Morgan fingerprint density at radius 2 is 2.00 bits per heavy atom. The Morgan fingerprint density at radius 1 is 1.33 bits per heavy atom. The van der Waals surface area contributed by atoms with Crippen LogP contribution in [0.3, 0.4) is 0 Å². The van der Waals surface area contributed by atoms with Crippen LogP contribution in [0.5, 0.6) is 0 Å². The smallest absolute Gasteiger partial charge is 0.227 e. The summed E-state index contributed by atoms with van der Waals surface area (Å²) in [6.07, 6.45) is 4.93. The van der Waals surface area contributed by atoms with E-state index in [1.54, 1.807) is 0 Å². The number of rotatable bonds is 6. The van der Waals surface area contributed by atoms with Gasteiger partial charge in [0.05, 0.1) is 5.41 Å². The summed E-state index contributed by atoms with van der Waals surface area (Å²) in [6, 6.07) is 0. The second-order valence-electron chi connectivity index (χ2n) is 5.14. The molecule has 0 heterocycles. The van der Waals surface area contributed by atoms with Crippen LogP contribution in [0.2, 0.25) is 0 Å². The lowest BCUT2D eigenvalue weighted by molar-refractivity contribution is -0.126. The van der Waals surface area contributed by atoms with Gasteiger partial charge in [0.15, 0.2) is 0 Å². The van der Waals surface area contributed by atoms with Crippen LogP contribution in [-0.4, -0.2) is 30.7 Å². The molecule has 0 spiro atoms. The monoisotopic (exact) mass is 212 g/mol. The van der Waals surface area contributed by atoms with Crippen LogP contribution in [0.4, 0.5) is 0 Å². The molecule has 2 aliphatic carbocycles. The fourth-order valence-electron chi connectivity index (χ4n) is 2.06.